The van der Waals surface area contributed by atoms with Crippen LogP contribution >= 0.6 is 0 Å². The standard InChI is InChI=1S/C17H30N4O4S2/c1-16(2,14(22)20-12-18)6-8-26(24)10-11-27(25)9-7-17(3,4)15(23)21-13-19-5/h13H,6-11H2,1-5H3,(H,20,22)(H,19,21,23). The lowest BCUT2D eigenvalue weighted by Gasteiger charge is -2.22. The Kier molecular flexibility index (Phi) is 11.3. The summed E-state index contributed by atoms with van der Waals surface area (Å²) in [5.41, 5.74) is -1.46. The van der Waals surface area contributed by atoms with E-state index < -0.39 is 38.3 Å². The van der Waals surface area contributed by atoms with Crippen molar-refractivity contribution in [1.82, 2.24) is 10.6 Å². The smallest absolute Gasteiger partial charge is 0.238 e. The molecule has 0 radical (unpaired) electrons. The summed E-state index contributed by atoms with van der Waals surface area (Å²) < 4.78 is 24.2. The zero-order valence-electron chi connectivity index (χ0n) is 16.7. The van der Waals surface area contributed by atoms with Crippen molar-refractivity contribution in [2.24, 2.45) is 15.8 Å². The highest BCUT2D eigenvalue weighted by Gasteiger charge is 2.29. The Morgan fingerprint density at radius 2 is 1.41 bits per heavy atom. The fraction of sp³-hybridized carbons (Fsp3) is 0.765. The predicted octanol–water partition coefficient (Wildman–Crippen LogP) is 0.688. The fourth-order valence-electron chi connectivity index (χ4n) is 1.89. The van der Waals surface area contributed by atoms with E-state index in [1.54, 1.807) is 40.9 Å². The molecule has 0 aliphatic rings. The normalized spacial score (nSPS) is 14.4. The van der Waals surface area contributed by atoms with Crippen molar-refractivity contribution in [3.05, 3.63) is 0 Å². The van der Waals surface area contributed by atoms with E-state index in [0.717, 1.165) is 0 Å². The van der Waals surface area contributed by atoms with Crippen molar-refractivity contribution < 1.29 is 18.0 Å². The van der Waals surface area contributed by atoms with Crippen LogP contribution in [0.5, 0.6) is 0 Å². The third-order valence-corrected chi connectivity index (χ3v) is 7.07. The molecular formula is C17H30N4O4S2. The monoisotopic (exact) mass is 418 g/mol. The highest BCUT2D eigenvalue weighted by atomic mass is 32.2. The minimum Gasteiger partial charge on any atom is -0.317 e. The largest absolute Gasteiger partial charge is 0.317 e. The molecule has 0 spiro atoms. The molecule has 0 aromatic carbocycles. The maximum Gasteiger partial charge on any atom is 0.238 e. The molecule has 154 valence electrons. The third kappa shape index (κ3) is 10.3. The molecule has 0 bridgehead atoms. The van der Waals surface area contributed by atoms with Crippen molar-refractivity contribution in [2.45, 2.75) is 40.5 Å². The van der Waals surface area contributed by atoms with Crippen molar-refractivity contribution in [3.63, 3.8) is 0 Å². The topological polar surface area (TPSA) is 128 Å². The molecule has 0 saturated heterocycles. The van der Waals surface area contributed by atoms with E-state index in [1.807, 2.05) is 0 Å². The molecule has 0 aromatic heterocycles. The van der Waals surface area contributed by atoms with Gasteiger partial charge in [-0.3, -0.25) is 28.3 Å². The second kappa shape index (κ2) is 12.0. The Balaban J connectivity index is 4.28. The van der Waals surface area contributed by atoms with E-state index in [1.165, 1.54) is 6.34 Å². The van der Waals surface area contributed by atoms with Gasteiger partial charge in [-0.2, -0.15) is 5.26 Å². The average Bonchev–Trinajstić information content (AvgIpc) is 2.61. The van der Waals surface area contributed by atoms with Gasteiger partial charge in [-0.15, -0.1) is 0 Å². The Bertz CT molecular complexity index is 639. The summed E-state index contributed by atoms with van der Waals surface area (Å²) in [6.07, 6.45) is 3.73. The summed E-state index contributed by atoms with van der Waals surface area (Å²) in [5, 5.41) is 13.2. The first-order chi connectivity index (χ1) is 12.5. The van der Waals surface area contributed by atoms with Crippen LogP contribution in [0.1, 0.15) is 40.5 Å². The van der Waals surface area contributed by atoms with Crippen LogP contribution in [0, 0.1) is 22.3 Å². The summed E-state index contributed by atoms with van der Waals surface area (Å²) >= 11 is 0. The molecule has 27 heavy (non-hydrogen) atoms. The first-order valence-corrected chi connectivity index (χ1v) is 11.5. The lowest BCUT2D eigenvalue weighted by atomic mass is 9.89. The lowest BCUT2D eigenvalue weighted by molar-refractivity contribution is -0.128. The number of hydrogen-bond acceptors (Lipinski definition) is 6. The molecule has 0 heterocycles. The molecular weight excluding hydrogens is 388 g/mol. The molecule has 0 aromatic rings. The van der Waals surface area contributed by atoms with Gasteiger partial charge >= 0.3 is 0 Å². The third-order valence-electron chi connectivity index (χ3n) is 4.17. The maximum atomic E-state index is 12.1. The van der Waals surface area contributed by atoms with Crippen molar-refractivity contribution >= 4 is 39.8 Å². The highest BCUT2D eigenvalue weighted by molar-refractivity contribution is 7.88. The Morgan fingerprint density at radius 3 is 1.81 bits per heavy atom. The van der Waals surface area contributed by atoms with Crippen LogP contribution in [-0.4, -0.2) is 56.6 Å². The van der Waals surface area contributed by atoms with Crippen LogP contribution < -0.4 is 10.6 Å². The number of amides is 2. The maximum absolute atomic E-state index is 12.1. The molecule has 10 heteroatoms. The quantitative estimate of drug-likeness (QED) is 0.208. The number of hydrogen-bond donors (Lipinski definition) is 2. The van der Waals surface area contributed by atoms with Gasteiger partial charge in [0.2, 0.25) is 11.8 Å². The SMILES string of the molecule is CN=CNC(=O)C(C)(C)CCS(=O)CCS(=O)CCC(C)(C)C(=O)NC#N. The zero-order valence-corrected chi connectivity index (χ0v) is 18.3. The van der Waals surface area contributed by atoms with Gasteiger partial charge in [0.25, 0.3) is 0 Å². The zero-order chi connectivity index (χ0) is 21.1. The summed E-state index contributed by atoms with van der Waals surface area (Å²) in [4.78, 5) is 27.4. The summed E-state index contributed by atoms with van der Waals surface area (Å²) in [7, 11) is -0.818. The number of aliphatic imine (C=N–C) groups is 1. The molecule has 2 atom stereocenters. The van der Waals surface area contributed by atoms with Crippen molar-refractivity contribution in [3.8, 4) is 6.19 Å². The van der Waals surface area contributed by atoms with Gasteiger partial charge in [0, 0.05) is 62.5 Å². The highest BCUT2D eigenvalue weighted by Crippen LogP contribution is 2.22. The summed E-state index contributed by atoms with van der Waals surface area (Å²) in [6, 6.07) is 0. The molecule has 0 aliphatic carbocycles. The van der Waals surface area contributed by atoms with Gasteiger partial charge in [-0.25, -0.2) is 0 Å². The Hall–Kier alpha value is -1.60. The molecule has 0 rings (SSSR count). The van der Waals surface area contributed by atoms with Crippen LogP contribution in [0.3, 0.4) is 0 Å². The second-order valence-electron chi connectivity index (χ2n) is 7.39. The molecule has 0 aliphatic heterocycles. The van der Waals surface area contributed by atoms with Crippen molar-refractivity contribution in [2.75, 3.05) is 30.1 Å². The van der Waals surface area contributed by atoms with Crippen molar-refractivity contribution in [1.29, 1.82) is 5.26 Å². The molecule has 2 amide bonds. The number of nitriles is 1. The summed E-state index contributed by atoms with van der Waals surface area (Å²) in [6.45, 7) is 6.92. The molecule has 8 nitrogen and oxygen atoms in total. The number of carbonyl (C=O) groups is 2. The number of nitrogens with one attached hydrogen (secondary N) is 2. The van der Waals surface area contributed by atoms with E-state index in [-0.39, 0.29) is 17.4 Å². The minimum atomic E-state index is -1.20. The Morgan fingerprint density at radius 1 is 0.963 bits per heavy atom. The number of carbonyl (C=O) groups excluding carboxylic acids is 2. The first-order valence-electron chi connectivity index (χ1n) is 8.57. The number of nitrogens with zero attached hydrogens (tertiary/aromatic N) is 2. The lowest BCUT2D eigenvalue weighted by Crippen LogP contribution is -2.37. The van der Waals surface area contributed by atoms with E-state index in [9.17, 15) is 18.0 Å². The van der Waals surface area contributed by atoms with Gasteiger partial charge in [0.1, 0.15) is 0 Å². The second-order valence-corrected chi connectivity index (χ2v) is 10.8. The predicted molar refractivity (Wildman–Crippen MR) is 109 cm³/mol. The van der Waals surface area contributed by atoms with Gasteiger partial charge in [0.15, 0.2) is 6.19 Å². The van der Waals surface area contributed by atoms with E-state index in [0.29, 0.717) is 24.3 Å². The Labute approximate surface area is 166 Å². The minimum absolute atomic E-state index is 0.188. The molecule has 2 N–H and O–H groups in total. The van der Waals surface area contributed by atoms with Gasteiger partial charge in [0.05, 0.1) is 6.34 Å². The van der Waals surface area contributed by atoms with E-state index >= 15 is 0 Å². The number of rotatable bonds is 12. The molecule has 0 fully saturated rings. The van der Waals surface area contributed by atoms with E-state index in [2.05, 4.69) is 15.6 Å². The van der Waals surface area contributed by atoms with Crippen LogP contribution in [0.4, 0.5) is 0 Å². The average molecular weight is 419 g/mol. The fourth-order valence-corrected chi connectivity index (χ4v) is 5.26. The van der Waals surface area contributed by atoms with Gasteiger partial charge in [-0.1, -0.05) is 27.7 Å². The molecule has 2 unspecified atom stereocenters. The first kappa shape index (κ1) is 25.4. The van der Waals surface area contributed by atoms with E-state index in [4.69, 9.17) is 5.26 Å². The summed E-state index contributed by atoms with van der Waals surface area (Å²) in [5.74, 6) is 0.610. The molecule has 0 saturated carbocycles. The van der Waals surface area contributed by atoms with Gasteiger partial charge in [-0.05, 0) is 12.8 Å². The van der Waals surface area contributed by atoms with Crippen LogP contribution in [0.15, 0.2) is 4.99 Å². The van der Waals surface area contributed by atoms with Crippen LogP contribution in [0.2, 0.25) is 0 Å². The van der Waals surface area contributed by atoms with Gasteiger partial charge < -0.3 is 5.32 Å². The van der Waals surface area contributed by atoms with Crippen LogP contribution in [0.25, 0.3) is 0 Å². The van der Waals surface area contributed by atoms with Crippen LogP contribution in [-0.2, 0) is 31.2 Å².